The van der Waals surface area contributed by atoms with Gasteiger partial charge in [0.15, 0.2) is 0 Å². The van der Waals surface area contributed by atoms with Crippen LogP contribution in [0.2, 0.25) is 0 Å². The number of aliphatic hydroxyl groups excluding tert-OH is 1. The molecule has 1 aromatic heterocycles. The summed E-state index contributed by atoms with van der Waals surface area (Å²) in [6.45, 7) is 3.11. The maximum absolute atomic E-state index is 9.61. The van der Waals surface area contributed by atoms with Crippen molar-refractivity contribution >= 4 is 5.82 Å². The molecule has 1 aliphatic carbocycles. The highest BCUT2D eigenvalue weighted by atomic mass is 16.3. The van der Waals surface area contributed by atoms with Crippen LogP contribution in [0.15, 0.2) is 18.2 Å². The SMILES string of the molecule is Cc1cccc(NCC2(CO)CCCCC2)n1. The third-order valence-electron chi connectivity index (χ3n) is 3.78. The first-order valence-electron chi connectivity index (χ1n) is 6.53. The topological polar surface area (TPSA) is 45.1 Å². The number of pyridine rings is 1. The molecule has 3 heteroatoms. The van der Waals surface area contributed by atoms with E-state index >= 15 is 0 Å². The van der Waals surface area contributed by atoms with Gasteiger partial charge in [0.2, 0.25) is 0 Å². The van der Waals surface area contributed by atoms with Crippen molar-refractivity contribution in [3.63, 3.8) is 0 Å². The molecule has 2 rings (SSSR count). The molecule has 1 aliphatic rings. The van der Waals surface area contributed by atoms with Crippen LogP contribution < -0.4 is 5.32 Å². The van der Waals surface area contributed by atoms with E-state index in [1.54, 1.807) is 0 Å². The van der Waals surface area contributed by atoms with Crippen molar-refractivity contribution in [3.05, 3.63) is 23.9 Å². The van der Waals surface area contributed by atoms with E-state index < -0.39 is 0 Å². The summed E-state index contributed by atoms with van der Waals surface area (Å²) in [7, 11) is 0. The van der Waals surface area contributed by atoms with Crippen molar-refractivity contribution in [1.82, 2.24) is 4.98 Å². The highest BCUT2D eigenvalue weighted by Gasteiger charge is 2.31. The van der Waals surface area contributed by atoms with Gasteiger partial charge in [0.25, 0.3) is 0 Å². The summed E-state index contributed by atoms with van der Waals surface area (Å²) in [5, 5.41) is 13.0. The molecule has 0 aliphatic heterocycles. The van der Waals surface area contributed by atoms with Gasteiger partial charge in [-0.05, 0) is 31.9 Å². The molecule has 17 heavy (non-hydrogen) atoms. The van der Waals surface area contributed by atoms with Crippen LogP contribution in [0.4, 0.5) is 5.82 Å². The number of hydrogen-bond acceptors (Lipinski definition) is 3. The third-order valence-corrected chi connectivity index (χ3v) is 3.78. The number of nitrogens with one attached hydrogen (secondary N) is 1. The second kappa shape index (κ2) is 5.50. The number of aliphatic hydroxyl groups is 1. The van der Waals surface area contributed by atoms with Crippen LogP contribution in [-0.4, -0.2) is 23.2 Å². The number of anilines is 1. The summed E-state index contributed by atoms with van der Waals surface area (Å²) in [6.07, 6.45) is 6.04. The maximum Gasteiger partial charge on any atom is 0.126 e. The van der Waals surface area contributed by atoms with E-state index in [-0.39, 0.29) is 12.0 Å². The number of nitrogens with zero attached hydrogens (tertiary/aromatic N) is 1. The van der Waals surface area contributed by atoms with Crippen molar-refractivity contribution < 1.29 is 5.11 Å². The molecule has 94 valence electrons. The molecule has 3 nitrogen and oxygen atoms in total. The first-order chi connectivity index (χ1) is 8.24. The normalized spacial score (nSPS) is 18.9. The van der Waals surface area contributed by atoms with E-state index in [4.69, 9.17) is 0 Å². The Morgan fingerprint density at radius 1 is 1.29 bits per heavy atom. The quantitative estimate of drug-likeness (QED) is 0.842. The molecule has 0 saturated heterocycles. The Labute approximate surface area is 103 Å². The fraction of sp³-hybridized carbons (Fsp3) is 0.643. The van der Waals surface area contributed by atoms with Crippen LogP contribution >= 0.6 is 0 Å². The lowest BCUT2D eigenvalue weighted by atomic mass is 9.74. The molecule has 0 spiro atoms. The van der Waals surface area contributed by atoms with Gasteiger partial charge < -0.3 is 10.4 Å². The van der Waals surface area contributed by atoms with E-state index in [1.165, 1.54) is 19.3 Å². The van der Waals surface area contributed by atoms with Gasteiger partial charge in [0.05, 0.1) is 6.61 Å². The molecule has 1 aromatic rings. The van der Waals surface area contributed by atoms with Gasteiger partial charge >= 0.3 is 0 Å². The summed E-state index contributed by atoms with van der Waals surface area (Å²) in [5.74, 6) is 0.920. The third kappa shape index (κ3) is 3.19. The summed E-state index contributed by atoms with van der Waals surface area (Å²) >= 11 is 0. The summed E-state index contributed by atoms with van der Waals surface area (Å²) in [5.41, 5.74) is 1.10. The predicted molar refractivity (Wildman–Crippen MR) is 70.1 cm³/mol. The van der Waals surface area contributed by atoms with Crippen molar-refractivity contribution in [2.24, 2.45) is 5.41 Å². The Hall–Kier alpha value is -1.09. The second-order valence-corrected chi connectivity index (χ2v) is 5.24. The van der Waals surface area contributed by atoms with Crippen LogP contribution in [0.3, 0.4) is 0 Å². The average molecular weight is 234 g/mol. The molecule has 0 atom stereocenters. The van der Waals surface area contributed by atoms with Gasteiger partial charge in [-0.25, -0.2) is 4.98 Å². The van der Waals surface area contributed by atoms with E-state index in [0.29, 0.717) is 0 Å². The zero-order valence-corrected chi connectivity index (χ0v) is 10.6. The van der Waals surface area contributed by atoms with Crippen molar-refractivity contribution in [3.8, 4) is 0 Å². The lowest BCUT2D eigenvalue weighted by Gasteiger charge is -2.35. The van der Waals surface area contributed by atoms with Gasteiger partial charge in [-0.1, -0.05) is 25.3 Å². The highest BCUT2D eigenvalue weighted by Crippen LogP contribution is 2.35. The van der Waals surface area contributed by atoms with Gasteiger partial charge in [-0.15, -0.1) is 0 Å². The average Bonchev–Trinajstić information content (AvgIpc) is 2.38. The second-order valence-electron chi connectivity index (χ2n) is 5.24. The molecule has 0 radical (unpaired) electrons. The molecule has 0 aromatic carbocycles. The number of aromatic nitrogens is 1. The lowest BCUT2D eigenvalue weighted by molar-refractivity contribution is 0.0943. The first-order valence-corrected chi connectivity index (χ1v) is 6.53. The standard InChI is InChI=1S/C14H22N2O/c1-12-6-5-7-13(16-12)15-10-14(11-17)8-3-2-4-9-14/h5-7,17H,2-4,8-11H2,1H3,(H,15,16). The molecule has 2 N–H and O–H groups in total. The Kier molecular flexibility index (Phi) is 4.00. The molecule has 1 saturated carbocycles. The molecule has 0 amide bonds. The van der Waals surface area contributed by atoms with E-state index in [2.05, 4.69) is 10.3 Å². The van der Waals surface area contributed by atoms with Crippen LogP contribution in [0, 0.1) is 12.3 Å². The molecule has 0 bridgehead atoms. The van der Waals surface area contributed by atoms with Gasteiger partial charge in [-0.3, -0.25) is 0 Å². The fourth-order valence-electron chi connectivity index (χ4n) is 2.61. The minimum Gasteiger partial charge on any atom is -0.396 e. The number of rotatable bonds is 4. The zero-order valence-electron chi connectivity index (χ0n) is 10.6. The Morgan fingerprint density at radius 2 is 2.06 bits per heavy atom. The van der Waals surface area contributed by atoms with Crippen LogP contribution in [-0.2, 0) is 0 Å². The van der Waals surface area contributed by atoms with Crippen LogP contribution in [0.25, 0.3) is 0 Å². The minimum atomic E-state index is 0.0731. The Morgan fingerprint density at radius 3 is 2.71 bits per heavy atom. The molecular formula is C14H22N2O. The van der Waals surface area contributed by atoms with Gasteiger partial charge in [-0.2, -0.15) is 0 Å². The Balaban J connectivity index is 1.95. The van der Waals surface area contributed by atoms with Crippen LogP contribution in [0.1, 0.15) is 37.8 Å². The summed E-state index contributed by atoms with van der Waals surface area (Å²) in [4.78, 5) is 4.43. The first kappa shape index (κ1) is 12.4. The van der Waals surface area contributed by atoms with Crippen molar-refractivity contribution in [2.75, 3.05) is 18.5 Å². The number of hydrogen-bond donors (Lipinski definition) is 2. The van der Waals surface area contributed by atoms with E-state index in [1.807, 2.05) is 25.1 Å². The fourth-order valence-corrected chi connectivity index (χ4v) is 2.61. The van der Waals surface area contributed by atoms with Crippen molar-refractivity contribution in [2.45, 2.75) is 39.0 Å². The molecular weight excluding hydrogens is 212 g/mol. The zero-order chi connectivity index (χ0) is 12.1. The van der Waals surface area contributed by atoms with Gasteiger partial charge in [0, 0.05) is 17.7 Å². The van der Waals surface area contributed by atoms with E-state index in [9.17, 15) is 5.11 Å². The largest absolute Gasteiger partial charge is 0.396 e. The van der Waals surface area contributed by atoms with Crippen molar-refractivity contribution in [1.29, 1.82) is 0 Å². The highest BCUT2D eigenvalue weighted by molar-refractivity contribution is 5.35. The lowest BCUT2D eigenvalue weighted by Crippen LogP contribution is -2.35. The van der Waals surface area contributed by atoms with Crippen LogP contribution in [0.5, 0.6) is 0 Å². The predicted octanol–water partition coefficient (Wildman–Crippen LogP) is 2.74. The minimum absolute atomic E-state index is 0.0731. The summed E-state index contributed by atoms with van der Waals surface area (Å²) < 4.78 is 0. The molecule has 1 heterocycles. The van der Waals surface area contributed by atoms with Gasteiger partial charge in [0.1, 0.15) is 5.82 Å². The maximum atomic E-state index is 9.61. The number of aryl methyl sites for hydroxylation is 1. The monoisotopic (exact) mass is 234 g/mol. The Bertz CT molecular complexity index is 359. The molecule has 0 unspecified atom stereocenters. The van der Waals surface area contributed by atoms with E-state index in [0.717, 1.165) is 30.9 Å². The molecule has 1 fully saturated rings. The smallest absolute Gasteiger partial charge is 0.126 e. The summed E-state index contributed by atoms with van der Waals surface area (Å²) in [6, 6.07) is 5.99.